The van der Waals surface area contributed by atoms with Crippen molar-refractivity contribution in [3.63, 3.8) is 0 Å². The third-order valence-electron chi connectivity index (χ3n) is 17.0. The van der Waals surface area contributed by atoms with Crippen molar-refractivity contribution in [2.24, 2.45) is 0 Å². The van der Waals surface area contributed by atoms with E-state index in [1.165, 1.54) is 0 Å². The largest absolute Gasteiger partial charge is 0.336 e. The molecule has 5 heterocycles. The summed E-state index contributed by atoms with van der Waals surface area (Å²) in [6.45, 7) is 5.21. The number of aromatic nitrogens is 6. The van der Waals surface area contributed by atoms with Crippen LogP contribution in [0, 0.1) is 22.7 Å². The maximum Gasteiger partial charge on any atom is 0.164 e. The van der Waals surface area contributed by atoms with Crippen molar-refractivity contribution in [2.75, 3.05) is 4.90 Å². The van der Waals surface area contributed by atoms with Gasteiger partial charge in [-0.3, -0.25) is 0 Å². The zero-order valence-electron chi connectivity index (χ0n) is 46.9. The summed E-state index contributed by atoms with van der Waals surface area (Å²) in [5, 5.41) is 26.9. The Morgan fingerprint density at radius 2 is 0.966 bits per heavy atom. The molecule has 1 aliphatic rings. The summed E-state index contributed by atoms with van der Waals surface area (Å²) in [6.07, 6.45) is 4.33. The molecule has 0 bridgehead atoms. The molecule has 0 saturated carbocycles. The van der Waals surface area contributed by atoms with E-state index in [9.17, 15) is 10.5 Å². The number of fused-ring (bicyclic) bond motifs is 11. The highest BCUT2D eigenvalue weighted by molar-refractivity contribution is 6.26. The van der Waals surface area contributed by atoms with E-state index >= 15 is 0 Å². The predicted octanol–water partition coefficient (Wildman–Crippen LogP) is 18.8. The van der Waals surface area contributed by atoms with Gasteiger partial charge in [-0.2, -0.15) is 10.5 Å². The minimum absolute atomic E-state index is 0.444. The van der Waals surface area contributed by atoms with Gasteiger partial charge in [-0.1, -0.05) is 183 Å². The number of allylic oxidation sites excluding steroid dienone is 2. The monoisotopic (exact) mass is 1110 g/mol. The average molecular weight is 1110 g/mol. The van der Waals surface area contributed by atoms with Crippen molar-refractivity contribution in [3.8, 4) is 74.5 Å². The summed E-state index contributed by atoms with van der Waals surface area (Å²) >= 11 is 0. The lowest BCUT2D eigenvalue weighted by Gasteiger charge is -2.27. The number of rotatable bonds is 8. The van der Waals surface area contributed by atoms with Gasteiger partial charge < -0.3 is 18.6 Å². The molecule has 4 aromatic heterocycles. The van der Waals surface area contributed by atoms with E-state index < -0.39 is 0 Å². The molecule has 0 saturated heterocycles. The minimum atomic E-state index is 0.444. The van der Waals surface area contributed by atoms with E-state index in [0.717, 1.165) is 122 Å². The predicted molar refractivity (Wildman–Crippen MR) is 353 cm³/mol. The molecular formula is C78H49N9. The van der Waals surface area contributed by atoms with Crippen molar-refractivity contribution < 1.29 is 0 Å². The fourth-order valence-corrected chi connectivity index (χ4v) is 13.0. The minimum Gasteiger partial charge on any atom is -0.336 e. The van der Waals surface area contributed by atoms with Gasteiger partial charge in [-0.05, 0) is 108 Å². The fourth-order valence-electron chi connectivity index (χ4n) is 13.0. The molecule has 9 nitrogen and oxygen atoms in total. The first kappa shape index (κ1) is 50.5. The molecule has 16 rings (SSSR count). The zero-order chi connectivity index (χ0) is 58.1. The quantitative estimate of drug-likeness (QED) is 0.150. The van der Waals surface area contributed by atoms with Crippen molar-refractivity contribution in [1.82, 2.24) is 28.7 Å². The molecule has 0 atom stereocenters. The van der Waals surface area contributed by atoms with Gasteiger partial charge in [0, 0.05) is 77.4 Å². The molecule has 15 aromatic rings. The van der Waals surface area contributed by atoms with E-state index in [0.29, 0.717) is 46.4 Å². The van der Waals surface area contributed by atoms with Gasteiger partial charge in [-0.25, -0.2) is 15.0 Å². The van der Waals surface area contributed by atoms with Crippen molar-refractivity contribution in [3.05, 3.63) is 301 Å². The van der Waals surface area contributed by atoms with Gasteiger partial charge >= 0.3 is 0 Å². The van der Waals surface area contributed by atoms with Crippen LogP contribution in [0.5, 0.6) is 0 Å². The topological polar surface area (TPSA) is 104 Å². The van der Waals surface area contributed by atoms with Gasteiger partial charge in [0.1, 0.15) is 6.07 Å². The second-order valence-electron chi connectivity index (χ2n) is 21.9. The normalized spacial score (nSPS) is 12.6. The Hall–Kier alpha value is -12.2. The van der Waals surface area contributed by atoms with E-state index in [2.05, 4.69) is 244 Å². The Morgan fingerprint density at radius 3 is 1.69 bits per heavy atom. The Balaban J connectivity index is 0.919. The number of nitriles is 2. The SMILES string of the molecule is C=C1/C=C\c2c(c3ccccc3n2-c2cc(-c3nc(-c4ccccc4)nc(-c4ccc(C#N)c(-n5c6ccccc6c6c5ccc5c7ccccc7n(-c7ccccc7)c56)c4)n3)ccc2-c2cccc(C#N)c2)CN(c2ccccc2)c2ccccc21. The number of para-hydroxylation sites is 6. The average Bonchev–Trinajstić information content (AvgIpc) is 1.58. The van der Waals surface area contributed by atoms with Crippen molar-refractivity contribution in [2.45, 2.75) is 6.54 Å². The second-order valence-corrected chi connectivity index (χ2v) is 21.9. The van der Waals surface area contributed by atoms with E-state index in [1.807, 2.05) is 66.7 Å². The lowest BCUT2D eigenvalue weighted by molar-refractivity contribution is 0.966. The molecule has 0 amide bonds. The Labute approximate surface area is 501 Å². The molecule has 9 heteroatoms. The number of benzene rings is 11. The molecule has 0 fully saturated rings. The number of anilines is 2. The molecular weight excluding hydrogens is 1060 g/mol. The standard InChI is InChI=1S/C78H49N9/c1-50-36-42-70-65(49-84(57-24-7-3-8-25-57)66-32-15-11-28-59(50)66)62-30-13-17-34-68(62)86(70)73-46-55(39-40-60(73)53-23-19-20-51(44-53)47-79)78-82-76(52-21-5-2-6-22-52)81-77(83-78)54-37-38-56(48-80)72(45-54)87-69-35-18-14-31-64(69)74-71(87)43-41-63-61-29-12-16-33-67(61)85(75(63)74)58-26-9-4-10-27-58/h2-46H,1,49H2/b42-36-. The maximum absolute atomic E-state index is 11.1. The van der Waals surface area contributed by atoms with Crippen LogP contribution < -0.4 is 4.90 Å². The van der Waals surface area contributed by atoms with Crippen molar-refractivity contribution in [1.29, 1.82) is 10.5 Å². The first-order valence-electron chi connectivity index (χ1n) is 28.9. The lowest BCUT2D eigenvalue weighted by Crippen LogP contribution is -2.18. The van der Waals surface area contributed by atoms with E-state index in [1.54, 1.807) is 0 Å². The van der Waals surface area contributed by atoms with E-state index in [-0.39, 0.29) is 0 Å². The lowest BCUT2D eigenvalue weighted by atomic mass is 9.99. The third kappa shape index (κ3) is 8.33. The summed E-state index contributed by atoms with van der Waals surface area (Å²) < 4.78 is 6.94. The summed E-state index contributed by atoms with van der Waals surface area (Å²) in [5.41, 5.74) is 19.1. The van der Waals surface area contributed by atoms with Crippen LogP contribution in [0.4, 0.5) is 11.4 Å². The molecule has 87 heavy (non-hydrogen) atoms. The summed E-state index contributed by atoms with van der Waals surface area (Å²) in [4.78, 5) is 18.4. The second kappa shape index (κ2) is 20.6. The van der Waals surface area contributed by atoms with Crippen molar-refractivity contribution >= 4 is 77.5 Å². The summed E-state index contributed by atoms with van der Waals surface area (Å²) in [5.74, 6) is 1.40. The van der Waals surface area contributed by atoms with Crippen LogP contribution in [-0.4, -0.2) is 28.7 Å². The summed E-state index contributed by atoms with van der Waals surface area (Å²) in [6, 6.07) is 94.5. The highest BCUT2D eigenvalue weighted by atomic mass is 15.1. The first-order chi connectivity index (χ1) is 43.0. The molecule has 11 aromatic carbocycles. The fraction of sp³-hybridized carbons (Fsp3) is 0.0128. The smallest absolute Gasteiger partial charge is 0.164 e. The van der Waals surface area contributed by atoms with E-state index in [4.69, 9.17) is 15.0 Å². The number of hydrogen-bond acceptors (Lipinski definition) is 6. The van der Waals surface area contributed by atoms with Gasteiger partial charge in [0.25, 0.3) is 0 Å². The van der Waals surface area contributed by atoms with Gasteiger partial charge in [0.15, 0.2) is 17.5 Å². The number of hydrogen-bond donors (Lipinski definition) is 0. The maximum atomic E-state index is 11.1. The van der Waals surface area contributed by atoms with Crippen LogP contribution in [0.1, 0.15) is 27.9 Å². The summed E-state index contributed by atoms with van der Waals surface area (Å²) in [7, 11) is 0. The Morgan fingerprint density at radius 1 is 0.379 bits per heavy atom. The van der Waals surface area contributed by atoms with Crippen LogP contribution in [0.2, 0.25) is 0 Å². The highest BCUT2D eigenvalue weighted by Crippen LogP contribution is 2.45. The number of nitrogens with zero attached hydrogens (tertiary/aromatic N) is 9. The Bertz CT molecular complexity index is 5420. The van der Waals surface area contributed by atoms with Crippen LogP contribution in [0.25, 0.3) is 129 Å². The van der Waals surface area contributed by atoms with Crippen LogP contribution >= 0.6 is 0 Å². The van der Waals surface area contributed by atoms with Crippen LogP contribution in [0.3, 0.4) is 0 Å². The molecule has 0 radical (unpaired) electrons. The Kier molecular flexibility index (Phi) is 12.0. The third-order valence-corrected chi connectivity index (χ3v) is 17.0. The first-order valence-corrected chi connectivity index (χ1v) is 28.9. The van der Waals surface area contributed by atoms with Gasteiger partial charge in [0.2, 0.25) is 0 Å². The zero-order valence-corrected chi connectivity index (χ0v) is 46.9. The molecule has 0 N–H and O–H groups in total. The van der Waals surface area contributed by atoms with Crippen LogP contribution in [-0.2, 0) is 6.54 Å². The molecule has 0 spiro atoms. The molecule has 0 unspecified atom stereocenters. The van der Waals surface area contributed by atoms with Gasteiger partial charge in [-0.15, -0.1) is 0 Å². The molecule has 1 aliphatic heterocycles. The van der Waals surface area contributed by atoms with Crippen LogP contribution in [0.15, 0.2) is 274 Å². The highest BCUT2D eigenvalue weighted by Gasteiger charge is 2.27. The molecule has 406 valence electrons. The molecule has 0 aliphatic carbocycles. The van der Waals surface area contributed by atoms with Gasteiger partial charge in [0.05, 0.1) is 68.4 Å².